The molecule has 0 unspecified atom stereocenters. The molecule has 0 radical (unpaired) electrons. The summed E-state index contributed by atoms with van der Waals surface area (Å²) in [6.07, 6.45) is -3.84. The number of alkyl halides is 3. The van der Waals surface area contributed by atoms with Crippen molar-refractivity contribution in [2.75, 3.05) is 0 Å². The number of halogens is 4. The minimum Gasteiger partial charge on any atom is -0.404 e. The lowest BCUT2D eigenvalue weighted by molar-refractivity contribution is -0.274. The van der Waals surface area contributed by atoms with Crippen LogP contribution in [0.15, 0.2) is 17.3 Å². The highest BCUT2D eigenvalue weighted by Crippen LogP contribution is 2.26. The molecule has 7 heteroatoms. The molecular formula is C6H3ClF3NOS. The topological polar surface area (TPSA) is 22.1 Å². The summed E-state index contributed by atoms with van der Waals surface area (Å²) in [5, 5.41) is 0.154. The lowest BCUT2D eigenvalue weighted by Crippen LogP contribution is -2.17. The van der Waals surface area contributed by atoms with Gasteiger partial charge in [0.25, 0.3) is 0 Å². The van der Waals surface area contributed by atoms with Crippen molar-refractivity contribution in [3.63, 3.8) is 0 Å². The van der Waals surface area contributed by atoms with E-state index in [9.17, 15) is 13.2 Å². The summed E-state index contributed by atoms with van der Waals surface area (Å²) in [4.78, 5) is 3.47. The highest BCUT2D eigenvalue weighted by atomic mass is 35.5. The predicted octanol–water partition coefficient (Wildman–Crippen LogP) is 2.92. The van der Waals surface area contributed by atoms with Crippen LogP contribution < -0.4 is 4.74 Å². The first-order valence-electron chi connectivity index (χ1n) is 2.99. The largest absolute Gasteiger partial charge is 0.573 e. The quantitative estimate of drug-likeness (QED) is 0.748. The summed E-state index contributed by atoms with van der Waals surface area (Å²) in [6.45, 7) is 0. The van der Waals surface area contributed by atoms with Crippen molar-refractivity contribution in [1.29, 1.82) is 0 Å². The van der Waals surface area contributed by atoms with E-state index in [4.69, 9.17) is 11.6 Å². The van der Waals surface area contributed by atoms with E-state index in [-0.39, 0.29) is 10.0 Å². The van der Waals surface area contributed by atoms with Gasteiger partial charge in [0.15, 0.2) is 0 Å². The molecule has 72 valence electrons. The third-order valence-corrected chi connectivity index (χ3v) is 1.81. The van der Waals surface area contributed by atoms with E-state index < -0.39 is 12.1 Å². The average Bonchev–Trinajstić information content (AvgIpc) is 1.94. The Morgan fingerprint density at radius 1 is 1.46 bits per heavy atom. The van der Waals surface area contributed by atoms with Gasteiger partial charge in [0.05, 0.1) is 11.2 Å². The van der Waals surface area contributed by atoms with Gasteiger partial charge in [-0.3, -0.25) is 0 Å². The van der Waals surface area contributed by atoms with E-state index in [0.29, 0.717) is 0 Å². The molecule has 0 aliphatic heterocycles. The smallest absolute Gasteiger partial charge is 0.404 e. The fourth-order valence-electron chi connectivity index (χ4n) is 0.603. The van der Waals surface area contributed by atoms with E-state index in [1.807, 2.05) is 0 Å². The van der Waals surface area contributed by atoms with Crippen LogP contribution in [0.1, 0.15) is 0 Å². The van der Waals surface area contributed by atoms with E-state index in [0.717, 1.165) is 12.3 Å². The lowest BCUT2D eigenvalue weighted by atomic mass is 10.5. The zero-order chi connectivity index (χ0) is 10.1. The Bertz CT molecular complexity index is 317. The molecule has 0 amide bonds. The SMILES string of the molecule is FC(F)(F)Oc1cnc(S)c(Cl)c1. The Kier molecular flexibility index (Phi) is 2.92. The van der Waals surface area contributed by atoms with Crippen LogP contribution in [0.3, 0.4) is 0 Å². The first kappa shape index (κ1) is 10.5. The molecule has 0 aliphatic rings. The minimum atomic E-state index is -4.73. The summed E-state index contributed by atoms with van der Waals surface area (Å²) in [5.41, 5.74) is 0. The molecule has 1 aromatic rings. The first-order valence-corrected chi connectivity index (χ1v) is 3.81. The van der Waals surface area contributed by atoms with Gasteiger partial charge >= 0.3 is 6.36 Å². The van der Waals surface area contributed by atoms with Gasteiger partial charge in [0.1, 0.15) is 10.8 Å². The number of ether oxygens (including phenoxy) is 1. The molecule has 1 heterocycles. The van der Waals surface area contributed by atoms with Crippen molar-refractivity contribution >= 4 is 24.2 Å². The van der Waals surface area contributed by atoms with Gasteiger partial charge in [-0.15, -0.1) is 25.8 Å². The van der Waals surface area contributed by atoms with Gasteiger partial charge in [0, 0.05) is 6.07 Å². The molecule has 1 aromatic heterocycles. The van der Waals surface area contributed by atoms with Gasteiger partial charge in [-0.05, 0) is 0 Å². The molecule has 0 aromatic carbocycles. The Morgan fingerprint density at radius 2 is 2.08 bits per heavy atom. The van der Waals surface area contributed by atoms with Crippen molar-refractivity contribution in [2.24, 2.45) is 0 Å². The van der Waals surface area contributed by atoms with Gasteiger partial charge < -0.3 is 4.74 Å². The molecule has 2 nitrogen and oxygen atoms in total. The number of hydrogen-bond donors (Lipinski definition) is 1. The highest BCUT2D eigenvalue weighted by Gasteiger charge is 2.31. The zero-order valence-electron chi connectivity index (χ0n) is 5.97. The second-order valence-electron chi connectivity index (χ2n) is 2.02. The lowest BCUT2D eigenvalue weighted by Gasteiger charge is -2.08. The van der Waals surface area contributed by atoms with Crippen LogP contribution in [0.25, 0.3) is 0 Å². The molecule has 0 fully saturated rings. The maximum absolute atomic E-state index is 11.7. The fraction of sp³-hybridized carbons (Fsp3) is 0.167. The van der Waals surface area contributed by atoms with E-state index >= 15 is 0 Å². The molecule has 1 rings (SSSR count). The molecule has 0 bridgehead atoms. The number of pyridine rings is 1. The normalized spacial score (nSPS) is 11.5. The zero-order valence-corrected chi connectivity index (χ0v) is 7.62. The van der Waals surface area contributed by atoms with Gasteiger partial charge in [-0.1, -0.05) is 11.6 Å². The van der Waals surface area contributed by atoms with Crippen LogP contribution in [0.4, 0.5) is 13.2 Å². The molecule has 0 N–H and O–H groups in total. The monoisotopic (exact) mass is 229 g/mol. The highest BCUT2D eigenvalue weighted by molar-refractivity contribution is 7.80. The maximum Gasteiger partial charge on any atom is 0.573 e. The molecule has 0 spiro atoms. The number of aromatic nitrogens is 1. The molecular weight excluding hydrogens is 227 g/mol. The Labute approximate surface area is 82.1 Å². The predicted molar refractivity (Wildman–Crippen MR) is 43.2 cm³/mol. The van der Waals surface area contributed by atoms with E-state index in [1.54, 1.807) is 0 Å². The summed E-state index contributed by atoms with van der Waals surface area (Å²) in [5.74, 6) is -0.463. The van der Waals surface area contributed by atoms with Crippen LogP contribution in [-0.4, -0.2) is 11.3 Å². The third kappa shape index (κ3) is 3.31. The summed E-state index contributed by atoms with van der Waals surface area (Å²) >= 11 is 9.23. The third-order valence-electron chi connectivity index (χ3n) is 1.03. The average molecular weight is 230 g/mol. The van der Waals surface area contributed by atoms with Crippen molar-refractivity contribution in [1.82, 2.24) is 4.98 Å². The number of thiol groups is 1. The van der Waals surface area contributed by atoms with E-state index in [2.05, 4.69) is 22.3 Å². The maximum atomic E-state index is 11.7. The molecule has 0 saturated heterocycles. The van der Waals surface area contributed by atoms with Gasteiger partial charge in [0.2, 0.25) is 0 Å². The minimum absolute atomic E-state index is 0.00471. The van der Waals surface area contributed by atoms with Crippen LogP contribution in [-0.2, 0) is 0 Å². The number of hydrogen-bond acceptors (Lipinski definition) is 3. The Balaban J connectivity index is 2.86. The molecule has 0 aliphatic carbocycles. The first-order chi connectivity index (χ1) is 5.88. The fourth-order valence-corrected chi connectivity index (χ4v) is 0.881. The second kappa shape index (κ2) is 3.63. The molecule has 0 saturated carbocycles. The van der Waals surface area contributed by atoms with Gasteiger partial charge in [-0.2, -0.15) is 0 Å². The van der Waals surface area contributed by atoms with Crippen LogP contribution in [0.2, 0.25) is 5.02 Å². The van der Waals surface area contributed by atoms with Crippen molar-refractivity contribution in [3.8, 4) is 5.75 Å². The molecule has 0 atom stereocenters. The Hall–Kier alpha value is -0.620. The van der Waals surface area contributed by atoms with E-state index in [1.165, 1.54) is 0 Å². The number of nitrogens with zero attached hydrogens (tertiary/aromatic N) is 1. The van der Waals surface area contributed by atoms with Crippen molar-refractivity contribution in [3.05, 3.63) is 17.3 Å². The summed E-state index contributed by atoms with van der Waals surface area (Å²) in [7, 11) is 0. The summed E-state index contributed by atoms with van der Waals surface area (Å²) < 4.78 is 38.5. The summed E-state index contributed by atoms with van der Waals surface area (Å²) in [6, 6.07) is 0.990. The van der Waals surface area contributed by atoms with Crippen LogP contribution >= 0.6 is 24.2 Å². The standard InChI is InChI=1S/C6H3ClF3NOS/c7-4-1-3(2-11-5(4)13)12-6(8,9)10/h1-2H,(H,11,13). The van der Waals surface area contributed by atoms with Crippen molar-refractivity contribution < 1.29 is 17.9 Å². The number of rotatable bonds is 1. The van der Waals surface area contributed by atoms with Crippen LogP contribution in [0, 0.1) is 0 Å². The second-order valence-corrected chi connectivity index (χ2v) is 2.86. The Morgan fingerprint density at radius 3 is 2.54 bits per heavy atom. The van der Waals surface area contributed by atoms with Crippen LogP contribution in [0.5, 0.6) is 5.75 Å². The van der Waals surface area contributed by atoms with Crippen molar-refractivity contribution in [2.45, 2.75) is 11.4 Å². The van der Waals surface area contributed by atoms with Gasteiger partial charge in [-0.25, -0.2) is 4.98 Å². The molecule has 13 heavy (non-hydrogen) atoms.